The summed E-state index contributed by atoms with van der Waals surface area (Å²) in [6.07, 6.45) is 4.42. The van der Waals surface area contributed by atoms with Crippen LogP contribution in [0.3, 0.4) is 0 Å². The molecule has 16 heavy (non-hydrogen) atoms. The first-order valence-electron chi connectivity index (χ1n) is 5.42. The van der Waals surface area contributed by atoms with Crippen LogP contribution in [0.2, 0.25) is 0 Å². The molecule has 1 aliphatic rings. The Hall–Kier alpha value is -1.28. The average Bonchev–Trinajstić information content (AvgIpc) is 2.39. The van der Waals surface area contributed by atoms with E-state index in [9.17, 15) is 0 Å². The topological polar surface area (TPSA) is 52.8 Å². The lowest BCUT2D eigenvalue weighted by molar-refractivity contribution is 0.718. The van der Waals surface area contributed by atoms with E-state index < -0.39 is 0 Å². The predicted molar refractivity (Wildman–Crippen MR) is 65.5 cm³/mol. The van der Waals surface area contributed by atoms with Crippen LogP contribution in [0.5, 0.6) is 0 Å². The summed E-state index contributed by atoms with van der Waals surface area (Å²) >= 11 is 2.03. The molecule has 0 aromatic carbocycles. The molecule has 0 amide bonds. The molecule has 1 saturated heterocycles. The number of aromatic nitrogens is 2. The van der Waals surface area contributed by atoms with E-state index in [4.69, 9.17) is 5.26 Å². The van der Waals surface area contributed by atoms with Crippen molar-refractivity contribution in [3.8, 4) is 6.07 Å². The van der Waals surface area contributed by atoms with Crippen LogP contribution in [0.25, 0.3) is 0 Å². The summed E-state index contributed by atoms with van der Waals surface area (Å²) in [7, 11) is 0. The number of thioether (sulfide) groups is 1. The molecule has 0 N–H and O–H groups in total. The van der Waals surface area contributed by atoms with Crippen LogP contribution in [0, 0.1) is 11.3 Å². The van der Waals surface area contributed by atoms with Gasteiger partial charge in [0.25, 0.3) is 0 Å². The first-order valence-corrected chi connectivity index (χ1v) is 6.47. The first kappa shape index (κ1) is 11.2. The van der Waals surface area contributed by atoms with Gasteiger partial charge < -0.3 is 4.90 Å². The van der Waals surface area contributed by atoms with Crippen LogP contribution in [0.4, 0.5) is 5.82 Å². The van der Waals surface area contributed by atoms with Crippen LogP contribution in [0.1, 0.15) is 19.0 Å². The highest BCUT2D eigenvalue weighted by molar-refractivity contribution is 8.00. The third-order valence-corrected chi connectivity index (χ3v) is 4.04. The summed E-state index contributed by atoms with van der Waals surface area (Å²) < 4.78 is 0. The van der Waals surface area contributed by atoms with Crippen LogP contribution in [-0.4, -0.2) is 34.1 Å². The Labute approximate surface area is 99.7 Å². The number of nitriles is 1. The molecule has 1 aliphatic heterocycles. The molecule has 0 saturated carbocycles. The van der Waals surface area contributed by atoms with Crippen molar-refractivity contribution in [3.05, 3.63) is 18.1 Å². The van der Waals surface area contributed by atoms with E-state index >= 15 is 0 Å². The molecule has 0 radical (unpaired) electrons. The summed E-state index contributed by atoms with van der Waals surface area (Å²) in [5, 5.41) is 9.34. The van der Waals surface area contributed by atoms with Crippen molar-refractivity contribution in [1.29, 1.82) is 5.26 Å². The number of hydrogen-bond acceptors (Lipinski definition) is 5. The van der Waals surface area contributed by atoms with Gasteiger partial charge in [-0.05, 0) is 6.42 Å². The van der Waals surface area contributed by atoms with Gasteiger partial charge in [0.2, 0.25) is 0 Å². The lowest BCUT2D eigenvalue weighted by Gasteiger charge is -2.32. The Kier molecular flexibility index (Phi) is 3.62. The quantitative estimate of drug-likeness (QED) is 0.779. The van der Waals surface area contributed by atoms with Crippen molar-refractivity contribution in [2.45, 2.75) is 18.6 Å². The van der Waals surface area contributed by atoms with E-state index in [-0.39, 0.29) is 0 Å². The standard InChI is InChI=1S/C11H14N4S/c1-2-10-8-15(3-4-16-10)11-7-13-9(5-12)6-14-11/h6-7,10H,2-4,8H2,1H3. The molecule has 5 heteroatoms. The second kappa shape index (κ2) is 5.17. The molecule has 1 fully saturated rings. The van der Waals surface area contributed by atoms with Gasteiger partial charge in [0.1, 0.15) is 11.9 Å². The van der Waals surface area contributed by atoms with E-state index in [1.807, 2.05) is 17.8 Å². The monoisotopic (exact) mass is 234 g/mol. The van der Waals surface area contributed by atoms with Crippen LogP contribution in [-0.2, 0) is 0 Å². The van der Waals surface area contributed by atoms with E-state index in [0.717, 1.165) is 24.7 Å². The van der Waals surface area contributed by atoms with Gasteiger partial charge in [-0.1, -0.05) is 6.92 Å². The second-order valence-corrected chi connectivity index (χ2v) is 5.13. The summed E-state index contributed by atoms with van der Waals surface area (Å²) in [6.45, 7) is 4.26. The Morgan fingerprint density at radius 1 is 1.56 bits per heavy atom. The molecule has 1 aromatic rings. The van der Waals surface area contributed by atoms with Gasteiger partial charge >= 0.3 is 0 Å². The molecular formula is C11H14N4S. The number of hydrogen-bond donors (Lipinski definition) is 0. The van der Waals surface area contributed by atoms with Crippen LogP contribution in [0.15, 0.2) is 12.4 Å². The van der Waals surface area contributed by atoms with E-state index in [1.165, 1.54) is 12.6 Å². The minimum absolute atomic E-state index is 0.377. The number of nitrogens with zero attached hydrogens (tertiary/aromatic N) is 4. The van der Waals surface area contributed by atoms with Crippen LogP contribution >= 0.6 is 11.8 Å². The zero-order chi connectivity index (χ0) is 11.4. The van der Waals surface area contributed by atoms with Gasteiger partial charge in [0.15, 0.2) is 5.69 Å². The maximum atomic E-state index is 8.65. The lowest BCUT2D eigenvalue weighted by atomic mass is 10.3. The van der Waals surface area contributed by atoms with Crippen molar-refractivity contribution in [2.75, 3.05) is 23.7 Å². The minimum Gasteiger partial charge on any atom is -0.353 e. The summed E-state index contributed by atoms with van der Waals surface area (Å²) in [5.74, 6) is 2.03. The third-order valence-electron chi connectivity index (χ3n) is 2.67. The van der Waals surface area contributed by atoms with Gasteiger partial charge in [-0.15, -0.1) is 0 Å². The van der Waals surface area contributed by atoms with Crippen molar-refractivity contribution in [1.82, 2.24) is 9.97 Å². The molecule has 1 atom stereocenters. The van der Waals surface area contributed by atoms with E-state index in [0.29, 0.717) is 10.9 Å². The SMILES string of the molecule is CCC1CN(c2cnc(C#N)cn2)CCS1. The molecule has 1 unspecified atom stereocenters. The molecule has 0 bridgehead atoms. The summed E-state index contributed by atoms with van der Waals surface area (Å²) in [5.41, 5.74) is 0.377. The van der Waals surface area contributed by atoms with Gasteiger partial charge in [0, 0.05) is 24.1 Å². The first-order chi connectivity index (χ1) is 7.83. The molecule has 2 heterocycles. The Morgan fingerprint density at radius 2 is 2.44 bits per heavy atom. The van der Waals surface area contributed by atoms with Gasteiger partial charge in [-0.3, -0.25) is 0 Å². The maximum Gasteiger partial charge on any atom is 0.158 e. The fourth-order valence-electron chi connectivity index (χ4n) is 1.72. The summed E-state index contributed by atoms with van der Waals surface area (Å²) in [6, 6.07) is 1.98. The number of rotatable bonds is 2. The highest BCUT2D eigenvalue weighted by Gasteiger charge is 2.19. The average molecular weight is 234 g/mol. The van der Waals surface area contributed by atoms with Crippen molar-refractivity contribution < 1.29 is 0 Å². The Morgan fingerprint density at radius 3 is 3.06 bits per heavy atom. The molecule has 84 valence electrons. The second-order valence-electron chi connectivity index (χ2n) is 3.72. The zero-order valence-electron chi connectivity index (χ0n) is 9.26. The molecule has 2 rings (SSSR count). The van der Waals surface area contributed by atoms with Gasteiger partial charge in [-0.25, -0.2) is 9.97 Å². The predicted octanol–water partition coefficient (Wildman–Crippen LogP) is 1.68. The molecular weight excluding hydrogens is 220 g/mol. The third kappa shape index (κ3) is 2.45. The highest BCUT2D eigenvalue weighted by atomic mass is 32.2. The zero-order valence-corrected chi connectivity index (χ0v) is 10.1. The van der Waals surface area contributed by atoms with Crippen molar-refractivity contribution >= 4 is 17.6 Å². The fourth-order valence-corrected chi connectivity index (χ4v) is 2.90. The van der Waals surface area contributed by atoms with Crippen molar-refractivity contribution in [2.24, 2.45) is 0 Å². The molecule has 4 nitrogen and oxygen atoms in total. The molecule has 0 aliphatic carbocycles. The normalized spacial score (nSPS) is 20.5. The lowest BCUT2D eigenvalue weighted by Crippen LogP contribution is -2.38. The fraction of sp³-hybridized carbons (Fsp3) is 0.545. The van der Waals surface area contributed by atoms with E-state index in [1.54, 1.807) is 6.20 Å². The van der Waals surface area contributed by atoms with E-state index in [2.05, 4.69) is 21.8 Å². The Balaban J connectivity index is 2.08. The Bertz CT molecular complexity index is 384. The summed E-state index contributed by atoms with van der Waals surface area (Å²) in [4.78, 5) is 10.6. The molecule has 1 aromatic heterocycles. The highest BCUT2D eigenvalue weighted by Crippen LogP contribution is 2.23. The van der Waals surface area contributed by atoms with Gasteiger partial charge in [0.05, 0.1) is 12.4 Å². The van der Waals surface area contributed by atoms with Gasteiger partial charge in [-0.2, -0.15) is 17.0 Å². The smallest absolute Gasteiger partial charge is 0.158 e. The number of anilines is 1. The largest absolute Gasteiger partial charge is 0.353 e. The minimum atomic E-state index is 0.377. The van der Waals surface area contributed by atoms with Crippen molar-refractivity contribution in [3.63, 3.8) is 0 Å². The van der Waals surface area contributed by atoms with Crippen LogP contribution < -0.4 is 4.90 Å². The molecule has 0 spiro atoms. The maximum absolute atomic E-state index is 8.65.